The molecule has 0 radical (unpaired) electrons. The summed E-state index contributed by atoms with van der Waals surface area (Å²) in [5.41, 5.74) is 6.38. The number of nitrogens with zero attached hydrogens (tertiary/aromatic N) is 2. The number of nitrogens with two attached hydrogens (primary N) is 1. The average molecular weight is 257 g/mol. The van der Waals surface area contributed by atoms with Crippen LogP contribution in [0.2, 0.25) is 0 Å². The molecule has 2 fully saturated rings. The molecule has 0 bridgehead atoms. The molecule has 0 amide bonds. The maximum absolute atomic E-state index is 6.16. The molecular formula is C13H27N3S. The molecule has 4 heteroatoms. The van der Waals surface area contributed by atoms with E-state index in [0.29, 0.717) is 12.1 Å². The van der Waals surface area contributed by atoms with Crippen molar-refractivity contribution >= 4 is 11.8 Å². The Hall–Kier alpha value is 0.230. The summed E-state index contributed by atoms with van der Waals surface area (Å²) in [6.45, 7) is 10.2. The number of thioether (sulfide) groups is 1. The molecule has 2 heterocycles. The highest BCUT2D eigenvalue weighted by Crippen LogP contribution is 2.36. The number of likely N-dealkylation sites (N-methyl/N-ethyl adjacent to an activating group) is 1. The summed E-state index contributed by atoms with van der Waals surface area (Å²) < 4.78 is 0. The lowest BCUT2D eigenvalue weighted by molar-refractivity contribution is 0.0648. The third-order valence-corrected chi connectivity index (χ3v) is 6.18. The lowest BCUT2D eigenvalue weighted by Gasteiger charge is -2.48. The molecule has 2 rings (SSSR count). The van der Waals surface area contributed by atoms with Crippen LogP contribution < -0.4 is 5.73 Å². The second-order valence-corrected chi connectivity index (χ2v) is 7.39. The van der Waals surface area contributed by atoms with Gasteiger partial charge in [0.15, 0.2) is 0 Å². The first-order chi connectivity index (χ1) is 8.00. The number of hydrogen-bond donors (Lipinski definition) is 1. The van der Waals surface area contributed by atoms with E-state index in [1.807, 2.05) is 0 Å². The van der Waals surface area contributed by atoms with E-state index >= 15 is 0 Å². The van der Waals surface area contributed by atoms with Gasteiger partial charge in [-0.05, 0) is 27.3 Å². The van der Waals surface area contributed by atoms with Gasteiger partial charge in [0.05, 0.1) is 0 Å². The molecule has 4 atom stereocenters. The second-order valence-electron chi connectivity index (χ2n) is 5.91. The zero-order valence-electron chi connectivity index (χ0n) is 11.6. The number of likely N-dealkylation sites (tertiary alicyclic amines) is 1. The van der Waals surface area contributed by atoms with Gasteiger partial charge in [0.2, 0.25) is 0 Å². The quantitative estimate of drug-likeness (QED) is 0.806. The van der Waals surface area contributed by atoms with Crippen LogP contribution in [-0.4, -0.2) is 65.1 Å². The Labute approximate surface area is 110 Å². The van der Waals surface area contributed by atoms with E-state index in [1.165, 1.54) is 18.7 Å². The third kappa shape index (κ3) is 2.37. The van der Waals surface area contributed by atoms with Crippen LogP contribution in [0.1, 0.15) is 27.2 Å². The molecule has 0 saturated carbocycles. The van der Waals surface area contributed by atoms with E-state index in [2.05, 4.69) is 49.4 Å². The Bertz CT molecular complexity index is 261. The fraction of sp³-hybridized carbons (Fsp3) is 1.00. The van der Waals surface area contributed by atoms with Crippen molar-refractivity contribution in [3.05, 3.63) is 0 Å². The Morgan fingerprint density at radius 1 is 1.35 bits per heavy atom. The molecule has 2 saturated heterocycles. The minimum absolute atomic E-state index is 0.225. The van der Waals surface area contributed by atoms with E-state index in [9.17, 15) is 0 Å². The van der Waals surface area contributed by atoms with Crippen molar-refractivity contribution in [2.24, 2.45) is 5.73 Å². The standard InChI is InChI=1S/C13H27N3S/c1-10-7-13(8-14,9-15(10)4)16-5-6-17-12(3)11(16)2/h10-12H,5-9,14H2,1-4H3. The van der Waals surface area contributed by atoms with Crippen LogP contribution in [0.3, 0.4) is 0 Å². The first-order valence-electron chi connectivity index (χ1n) is 6.79. The maximum atomic E-state index is 6.16. The molecule has 0 aromatic rings. The summed E-state index contributed by atoms with van der Waals surface area (Å²) in [6, 6.07) is 1.31. The summed E-state index contributed by atoms with van der Waals surface area (Å²) >= 11 is 2.10. The Morgan fingerprint density at radius 2 is 2.06 bits per heavy atom. The predicted molar refractivity (Wildman–Crippen MR) is 76.6 cm³/mol. The molecule has 100 valence electrons. The van der Waals surface area contributed by atoms with Gasteiger partial charge in [0.1, 0.15) is 0 Å². The topological polar surface area (TPSA) is 32.5 Å². The Balaban J connectivity index is 2.18. The van der Waals surface area contributed by atoms with Crippen LogP contribution in [0, 0.1) is 0 Å². The van der Waals surface area contributed by atoms with Crippen LogP contribution >= 0.6 is 11.8 Å². The molecule has 0 aromatic carbocycles. The fourth-order valence-electron chi connectivity index (χ4n) is 3.47. The molecule has 0 aliphatic carbocycles. The van der Waals surface area contributed by atoms with Crippen LogP contribution in [-0.2, 0) is 0 Å². The highest BCUT2D eigenvalue weighted by atomic mass is 32.2. The lowest BCUT2D eigenvalue weighted by atomic mass is 9.91. The minimum atomic E-state index is 0.225. The normalized spacial score (nSPS) is 45.4. The molecule has 4 unspecified atom stereocenters. The van der Waals surface area contributed by atoms with Gasteiger partial charge in [-0.2, -0.15) is 11.8 Å². The van der Waals surface area contributed by atoms with Gasteiger partial charge in [0.25, 0.3) is 0 Å². The van der Waals surface area contributed by atoms with Crippen molar-refractivity contribution in [3.63, 3.8) is 0 Å². The largest absolute Gasteiger partial charge is 0.329 e. The van der Waals surface area contributed by atoms with Crippen molar-refractivity contribution in [3.8, 4) is 0 Å². The van der Waals surface area contributed by atoms with Crippen molar-refractivity contribution in [1.82, 2.24) is 9.80 Å². The smallest absolute Gasteiger partial charge is 0.0476 e. The van der Waals surface area contributed by atoms with E-state index in [4.69, 9.17) is 5.73 Å². The Morgan fingerprint density at radius 3 is 2.59 bits per heavy atom. The monoisotopic (exact) mass is 257 g/mol. The molecule has 0 aromatic heterocycles. The SMILES string of the molecule is CC1SCCN(C2(CN)CC(C)N(C)C2)C1C. The van der Waals surface area contributed by atoms with Crippen LogP contribution in [0.5, 0.6) is 0 Å². The molecular weight excluding hydrogens is 230 g/mol. The fourth-order valence-corrected chi connectivity index (χ4v) is 4.57. The first kappa shape index (κ1) is 13.7. The summed E-state index contributed by atoms with van der Waals surface area (Å²) in [4.78, 5) is 5.17. The third-order valence-electron chi connectivity index (χ3n) is 4.84. The van der Waals surface area contributed by atoms with Crippen molar-refractivity contribution < 1.29 is 0 Å². The molecule has 2 N–H and O–H groups in total. The molecule has 2 aliphatic rings. The van der Waals surface area contributed by atoms with E-state index in [0.717, 1.165) is 18.3 Å². The van der Waals surface area contributed by atoms with Crippen LogP contribution in [0.15, 0.2) is 0 Å². The second kappa shape index (κ2) is 5.08. The molecule has 3 nitrogen and oxygen atoms in total. The zero-order valence-corrected chi connectivity index (χ0v) is 12.5. The summed E-state index contributed by atoms with van der Waals surface area (Å²) in [7, 11) is 2.23. The van der Waals surface area contributed by atoms with Crippen molar-refractivity contribution in [1.29, 1.82) is 0 Å². The van der Waals surface area contributed by atoms with Gasteiger partial charge in [-0.3, -0.25) is 4.90 Å². The summed E-state index contributed by atoms with van der Waals surface area (Å²) in [6.07, 6.45) is 1.22. The van der Waals surface area contributed by atoms with Crippen LogP contribution in [0.25, 0.3) is 0 Å². The molecule has 17 heavy (non-hydrogen) atoms. The van der Waals surface area contributed by atoms with Crippen LogP contribution in [0.4, 0.5) is 0 Å². The van der Waals surface area contributed by atoms with Gasteiger partial charge >= 0.3 is 0 Å². The average Bonchev–Trinajstić information content (AvgIpc) is 2.60. The Kier molecular flexibility index (Phi) is 4.08. The summed E-state index contributed by atoms with van der Waals surface area (Å²) in [5, 5.41) is 0.730. The highest BCUT2D eigenvalue weighted by molar-refractivity contribution is 8.00. The van der Waals surface area contributed by atoms with Crippen molar-refractivity contribution in [2.45, 2.75) is 50.1 Å². The van der Waals surface area contributed by atoms with E-state index in [1.54, 1.807) is 0 Å². The van der Waals surface area contributed by atoms with E-state index < -0.39 is 0 Å². The lowest BCUT2D eigenvalue weighted by Crippen LogP contribution is -2.62. The number of rotatable bonds is 2. The summed E-state index contributed by atoms with van der Waals surface area (Å²) in [5.74, 6) is 1.26. The number of hydrogen-bond acceptors (Lipinski definition) is 4. The van der Waals surface area contributed by atoms with Gasteiger partial charge in [-0.1, -0.05) is 6.92 Å². The van der Waals surface area contributed by atoms with Crippen molar-refractivity contribution in [2.75, 3.05) is 32.4 Å². The van der Waals surface area contributed by atoms with E-state index in [-0.39, 0.29) is 5.54 Å². The van der Waals surface area contributed by atoms with Gasteiger partial charge in [-0.25, -0.2) is 0 Å². The maximum Gasteiger partial charge on any atom is 0.0476 e. The highest BCUT2D eigenvalue weighted by Gasteiger charge is 2.47. The predicted octanol–water partition coefficient (Wildman–Crippen LogP) is 1.23. The van der Waals surface area contributed by atoms with Gasteiger partial charge in [0, 0.05) is 48.3 Å². The minimum Gasteiger partial charge on any atom is -0.329 e. The molecule has 0 spiro atoms. The molecule has 2 aliphatic heterocycles. The van der Waals surface area contributed by atoms with Gasteiger partial charge < -0.3 is 10.6 Å². The zero-order chi connectivity index (χ0) is 12.6. The van der Waals surface area contributed by atoms with Gasteiger partial charge in [-0.15, -0.1) is 0 Å². The first-order valence-corrected chi connectivity index (χ1v) is 7.84.